The summed E-state index contributed by atoms with van der Waals surface area (Å²) < 4.78 is 3.66. The predicted molar refractivity (Wildman–Crippen MR) is 290 cm³/mol. The number of aromatic nitrogens is 2. The van der Waals surface area contributed by atoms with Gasteiger partial charge in [0, 0.05) is 33.1 Å². The average molecular weight is 886 g/mol. The van der Waals surface area contributed by atoms with Crippen LogP contribution < -0.4 is 4.90 Å². The minimum Gasteiger partial charge on any atom is -0.310 e. The lowest BCUT2D eigenvalue weighted by Crippen LogP contribution is -2.30. The highest BCUT2D eigenvalue weighted by molar-refractivity contribution is 7.22. The van der Waals surface area contributed by atoms with Crippen molar-refractivity contribution in [2.24, 2.45) is 0 Å². The first-order valence-corrected chi connectivity index (χ1v) is 24.3. The molecule has 320 valence electrons. The molecule has 0 saturated carbocycles. The van der Waals surface area contributed by atoms with Crippen LogP contribution in [0, 0.1) is 0 Å². The van der Waals surface area contributed by atoms with Crippen LogP contribution in [0.25, 0.3) is 103 Å². The van der Waals surface area contributed by atoms with Gasteiger partial charge in [0.25, 0.3) is 0 Å². The normalized spacial score (nSPS) is 13.2. The Morgan fingerprint density at radius 2 is 0.926 bits per heavy atom. The number of benzene rings is 11. The Bertz CT molecular complexity index is 4130. The monoisotopic (exact) mass is 885 g/mol. The van der Waals surface area contributed by atoms with Gasteiger partial charge in [-0.3, -0.25) is 0 Å². The van der Waals surface area contributed by atoms with Gasteiger partial charge in [-0.1, -0.05) is 166 Å². The standard InChI is InChI=1S/C64H43N3S/c1-64(2)55-23-13-14-24-59(55)66(45-17-7-4-8-18-45)60-36-29-44(39-56(60)64)43-28-35-58-54(38-43)52-33-34-57-62(68-63(65-57)41-15-5-3-6-16-41)61(52)67(58)46-30-25-40(26-31-46)42-27-32-51-49-21-10-9-19-47(49)48-20-11-12-22-50(48)53(51)37-42/h3-39H,1-2H3. The maximum absolute atomic E-state index is 5.22. The van der Waals surface area contributed by atoms with Gasteiger partial charge >= 0.3 is 0 Å². The van der Waals surface area contributed by atoms with Gasteiger partial charge in [0.1, 0.15) is 5.01 Å². The molecular formula is C64H43N3S. The molecule has 0 N–H and O–H groups in total. The number of nitrogens with zero attached hydrogens (tertiary/aromatic N) is 3. The maximum Gasteiger partial charge on any atom is 0.124 e. The lowest BCUT2D eigenvalue weighted by Gasteiger charge is -2.42. The van der Waals surface area contributed by atoms with Crippen molar-refractivity contribution in [2.75, 3.05) is 4.90 Å². The van der Waals surface area contributed by atoms with Gasteiger partial charge in [-0.2, -0.15) is 0 Å². The molecule has 3 nitrogen and oxygen atoms in total. The van der Waals surface area contributed by atoms with Gasteiger partial charge in [-0.15, -0.1) is 11.3 Å². The summed E-state index contributed by atoms with van der Waals surface area (Å²) in [6, 6.07) is 82.6. The van der Waals surface area contributed by atoms with Crippen LogP contribution in [0.3, 0.4) is 0 Å². The summed E-state index contributed by atoms with van der Waals surface area (Å²) in [4.78, 5) is 7.65. The van der Waals surface area contributed by atoms with Gasteiger partial charge in [0.05, 0.1) is 32.6 Å². The van der Waals surface area contributed by atoms with E-state index in [0.717, 1.165) is 27.5 Å². The molecule has 0 atom stereocenters. The highest BCUT2D eigenvalue weighted by Crippen LogP contribution is 2.53. The molecule has 0 fully saturated rings. The first kappa shape index (κ1) is 38.9. The molecule has 2 aromatic heterocycles. The molecule has 3 heterocycles. The molecule has 0 unspecified atom stereocenters. The van der Waals surface area contributed by atoms with Crippen molar-refractivity contribution in [2.45, 2.75) is 19.3 Å². The van der Waals surface area contributed by atoms with Crippen molar-refractivity contribution in [1.82, 2.24) is 9.55 Å². The van der Waals surface area contributed by atoms with E-state index in [9.17, 15) is 0 Å². The first-order valence-electron chi connectivity index (χ1n) is 23.4. The summed E-state index contributed by atoms with van der Waals surface area (Å²) in [5.74, 6) is 0. The molecule has 0 bridgehead atoms. The Kier molecular flexibility index (Phi) is 8.50. The Labute approximate surface area is 398 Å². The summed E-state index contributed by atoms with van der Waals surface area (Å²) in [5.41, 5.74) is 16.5. The van der Waals surface area contributed by atoms with Crippen LogP contribution in [-0.4, -0.2) is 9.55 Å². The van der Waals surface area contributed by atoms with Crippen molar-refractivity contribution in [3.8, 4) is 38.5 Å². The predicted octanol–water partition coefficient (Wildman–Crippen LogP) is 18.0. The van der Waals surface area contributed by atoms with E-state index in [0.29, 0.717) is 0 Å². The summed E-state index contributed by atoms with van der Waals surface area (Å²) >= 11 is 1.78. The molecule has 0 radical (unpaired) electrons. The summed E-state index contributed by atoms with van der Waals surface area (Å²) in [5, 5.41) is 11.2. The fourth-order valence-corrected chi connectivity index (χ4v) is 12.4. The molecular weight excluding hydrogens is 843 g/mol. The number of fused-ring (bicyclic) bond motifs is 13. The number of anilines is 3. The zero-order chi connectivity index (χ0) is 45.1. The third-order valence-corrected chi connectivity index (χ3v) is 15.7. The molecule has 0 amide bonds. The molecule has 1 aliphatic rings. The van der Waals surface area contributed by atoms with Gasteiger partial charge < -0.3 is 9.47 Å². The van der Waals surface area contributed by atoms with Gasteiger partial charge in [0.15, 0.2) is 0 Å². The number of para-hydroxylation sites is 2. The average Bonchev–Trinajstić information content (AvgIpc) is 3.99. The van der Waals surface area contributed by atoms with Crippen LogP contribution in [0.2, 0.25) is 0 Å². The van der Waals surface area contributed by atoms with Crippen molar-refractivity contribution in [3.05, 3.63) is 236 Å². The fraction of sp³-hybridized carbons (Fsp3) is 0.0469. The van der Waals surface area contributed by atoms with Crippen LogP contribution in [-0.2, 0) is 5.41 Å². The number of hydrogen-bond donors (Lipinski definition) is 0. The molecule has 0 aliphatic carbocycles. The highest BCUT2D eigenvalue weighted by Gasteiger charge is 2.37. The van der Waals surface area contributed by atoms with E-state index in [1.54, 1.807) is 11.3 Å². The minimum atomic E-state index is -0.206. The summed E-state index contributed by atoms with van der Waals surface area (Å²) in [6.07, 6.45) is 0. The third kappa shape index (κ3) is 5.81. The SMILES string of the molecule is CC1(C)c2ccccc2N(c2ccccc2)c2ccc(-c3ccc4c(c3)c3ccc5nc(-c6ccccc6)sc5c3n4-c3ccc(-c4ccc5c6ccccc6c6ccccc6c5c4)cc3)cc21. The van der Waals surface area contributed by atoms with Crippen molar-refractivity contribution < 1.29 is 0 Å². The summed E-state index contributed by atoms with van der Waals surface area (Å²) in [7, 11) is 0. The number of thiazole rings is 1. The molecule has 0 saturated heterocycles. The van der Waals surface area contributed by atoms with E-state index in [-0.39, 0.29) is 5.41 Å². The second-order valence-electron chi connectivity index (χ2n) is 18.7. The van der Waals surface area contributed by atoms with E-state index in [2.05, 4.69) is 248 Å². The van der Waals surface area contributed by atoms with E-state index < -0.39 is 0 Å². The van der Waals surface area contributed by atoms with Crippen LogP contribution in [0.5, 0.6) is 0 Å². The number of rotatable bonds is 5. The zero-order valence-corrected chi connectivity index (χ0v) is 38.4. The van der Waals surface area contributed by atoms with Crippen LogP contribution in [0.4, 0.5) is 17.1 Å². The lowest BCUT2D eigenvalue weighted by molar-refractivity contribution is 0.632. The fourth-order valence-electron chi connectivity index (χ4n) is 11.3. The van der Waals surface area contributed by atoms with E-state index >= 15 is 0 Å². The van der Waals surface area contributed by atoms with Crippen LogP contribution in [0.15, 0.2) is 224 Å². The van der Waals surface area contributed by atoms with Gasteiger partial charge in [0.2, 0.25) is 0 Å². The maximum atomic E-state index is 5.22. The molecule has 11 aromatic carbocycles. The third-order valence-electron chi connectivity index (χ3n) is 14.6. The largest absolute Gasteiger partial charge is 0.310 e. The quantitative estimate of drug-likeness (QED) is 0.161. The molecule has 1 aliphatic heterocycles. The molecule has 68 heavy (non-hydrogen) atoms. The van der Waals surface area contributed by atoms with E-state index in [1.165, 1.54) is 104 Å². The van der Waals surface area contributed by atoms with E-state index in [1.807, 2.05) is 0 Å². The Hall–Kier alpha value is -8.31. The van der Waals surface area contributed by atoms with Crippen molar-refractivity contribution in [1.29, 1.82) is 0 Å². The summed E-state index contributed by atoms with van der Waals surface area (Å²) in [6.45, 7) is 4.74. The second kappa shape index (κ2) is 14.8. The molecule has 14 rings (SSSR count). The Morgan fingerprint density at radius 1 is 0.382 bits per heavy atom. The Balaban J connectivity index is 0.932. The minimum absolute atomic E-state index is 0.206. The van der Waals surface area contributed by atoms with Crippen molar-refractivity contribution >= 4 is 92.7 Å². The van der Waals surface area contributed by atoms with Gasteiger partial charge in [-0.05, 0) is 138 Å². The number of hydrogen-bond acceptors (Lipinski definition) is 3. The smallest absolute Gasteiger partial charge is 0.124 e. The molecule has 13 aromatic rings. The molecule has 4 heteroatoms. The van der Waals surface area contributed by atoms with Gasteiger partial charge in [-0.25, -0.2) is 4.98 Å². The topological polar surface area (TPSA) is 21.1 Å². The first-order chi connectivity index (χ1) is 33.5. The van der Waals surface area contributed by atoms with Crippen molar-refractivity contribution in [3.63, 3.8) is 0 Å². The second-order valence-corrected chi connectivity index (χ2v) is 19.7. The molecule has 0 spiro atoms. The zero-order valence-electron chi connectivity index (χ0n) is 37.6. The Morgan fingerprint density at radius 3 is 1.68 bits per heavy atom. The van der Waals surface area contributed by atoms with Crippen LogP contribution in [0.1, 0.15) is 25.0 Å². The van der Waals surface area contributed by atoms with Crippen LogP contribution >= 0.6 is 11.3 Å². The highest BCUT2D eigenvalue weighted by atomic mass is 32.1. The van der Waals surface area contributed by atoms with E-state index in [4.69, 9.17) is 4.98 Å². The lowest BCUT2D eigenvalue weighted by atomic mass is 9.73.